The molecule has 0 aliphatic heterocycles. The van der Waals surface area contributed by atoms with Crippen LogP contribution in [0.15, 0.2) is 60.7 Å². The number of fused-ring (bicyclic) bond motifs is 1. The molecule has 27 heavy (non-hydrogen) atoms. The third-order valence-corrected chi connectivity index (χ3v) is 5.77. The number of benzene rings is 2. The average Bonchev–Trinajstić information content (AvgIpc) is 3.22. The van der Waals surface area contributed by atoms with Gasteiger partial charge in [0.2, 0.25) is 0 Å². The first-order valence-electron chi connectivity index (χ1n) is 8.29. The molecule has 2 aromatic carbocycles. The highest BCUT2D eigenvalue weighted by Crippen LogP contribution is 2.44. The Morgan fingerprint density at radius 1 is 1.11 bits per heavy atom. The van der Waals surface area contributed by atoms with Gasteiger partial charge in [0.15, 0.2) is 0 Å². The monoisotopic (exact) mass is 397 g/mol. The number of aromatic nitrogens is 1. The lowest BCUT2D eigenvalue weighted by molar-refractivity contribution is 0.0702. The number of carboxylic acids is 1. The summed E-state index contributed by atoms with van der Waals surface area (Å²) in [6.45, 7) is 0.317. The quantitative estimate of drug-likeness (QED) is 0.449. The Bertz CT molecular complexity index is 1110. The largest absolute Gasteiger partial charge is 0.477 e. The SMILES string of the molecule is COCn1c(-c2ccc(Cl)cc2)c(-c2ccccc2)c2sc(C(=O)O)cc21. The van der Waals surface area contributed by atoms with Crippen molar-refractivity contribution in [3.05, 3.63) is 70.6 Å². The molecule has 0 radical (unpaired) electrons. The zero-order valence-corrected chi connectivity index (χ0v) is 16.1. The van der Waals surface area contributed by atoms with Gasteiger partial charge in [-0.25, -0.2) is 4.79 Å². The molecule has 0 amide bonds. The molecule has 0 atom stereocenters. The van der Waals surface area contributed by atoms with E-state index in [1.165, 1.54) is 11.3 Å². The number of nitrogens with zero attached hydrogens (tertiary/aromatic N) is 1. The van der Waals surface area contributed by atoms with E-state index in [0.717, 1.165) is 32.6 Å². The van der Waals surface area contributed by atoms with Crippen LogP contribution in [0.3, 0.4) is 0 Å². The van der Waals surface area contributed by atoms with Crippen LogP contribution >= 0.6 is 22.9 Å². The van der Waals surface area contributed by atoms with Gasteiger partial charge < -0.3 is 14.4 Å². The van der Waals surface area contributed by atoms with Crippen molar-refractivity contribution in [1.82, 2.24) is 4.57 Å². The van der Waals surface area contributed by atoms with Gasteiger partial charge in [0.25, 0.3) is 0 Å². The van der Waals surface area contributed by atoms with Gasteiger partial charge in [0.05, 0.1) is 15.9 Å². The summed E-state index contributed by atoms with van der Waals surface area (Å²) < 4.78 is 8.38. The van der Waals surface area contributed by atoms with Crippen molar-refractivity contribution < 1.29 is 14.6 Å². The molecule has 4 aromatic rings. The fraction of sp³-hybridized carbons (Fsp3) is 0.0952. The number of rotatable bonds is 5. The van der Waals surface area contributed by atoms with Crippen LogP contribution in [0.2, 0.25) is 5.02 Å². The molecule has 0 unspecified atom stereocenters. The minimum Gasteiger partial charge on any atom is -0.477 e. The molecule has 4 rings (SSSR count). The first kappa shape index (κ1) is 17.8. The normalized spacial score (nSPS) is 11.2. The van der Waals surface area contributed by atoms with Crippen molar-refractivity contribution >= 4 is 39.1 Å². The van der Waals surface area contributed by atoms with Gasteiger partial charge in [-0.2, -0.15) is 0 Å². The number of carbonyl (C=O) groups is 1. The summed E-state index contributed by atoms with van der Waals surface area (Å²) in [5.41, 5.74) is 4.86. The fourth-order valence-electron chi connectivity index (χ4n) is 3.27. The van der Waals surface area contributed by atoms with Crippen molar-refractivity contribution in [2.75, 3.05) is 7.11 Å². The second-order valence-corrected chi connectivity index (χ2v) is 7.56. The second-order valence-electron chi connectivity index (χ2n) is 6.07. The maximum absolute atomic E-state index is 11.5. The highest BCUT2D eigenvalue weighted by Gasteiger charge is 2.23. The zero-order valence-electron chi connectivity index (χ0n) is 14.5. The minimum absolute atomic E-state index is 0.310. The molecule has 0 spiro atoms. The first-order valence-corrected chi connectivity index (χ1v) is 9.49. The van der Waals surface area contributed by atoms with E-state index in [9.17, 15) is 9.90 Å². The Morgan fingerprint density at radius 3 is 2.44 bits per heavy atom. The Balaban J connectivity index is 2.10. The third kappa shape index (κ3) is 3.14. The number of methoxy groups -OCH3 is 1. The minimum atomic E-state index is -0.924. The molecule has 0 saturated heterocycles. The molecule has 6 heteroatoms. The highest BCUT2D eigenvalue weighted by atomic mass is 35.5. The summed E-state index contributed by atoms with van der Waals surface area (Å²) in [6.07, 6.45) is 0. The topological polar surface area (TPSA) is 51.5 Å². The molecule has 136 valence electrons. The van der Waals surface area contributed by atoms with E-state index in [4.69, 9.17) is 16.3 Å². The van der Waals surface area contributed by atoms with Gasteiger partial charge in [-0.1, -0.05) is 54.1 Å². The molecule has 0 bridgehead atoms. The summed E-state index contributed by atoms with van der Waals surface area (Å²) in [5, 5.41) is 10.1. The molecular weight excluding hydrogens is 382 g/mol. The molecule has 2 aromatic heterocycles. The standard InChI is InChI=1S/C21H16ClNO3S/c1-26-12-23-16-11-17(21(24)25)27-20(16)18(13-5-3-2-4-6-13)19(23)14-7-9-15(22)10-8-14/h2-11H,12H2,1H3,(H,24,25). The predicted octanol–water partition coefficient (Wildman–Crippen LogP) is 5.99. The van der Waals surface area contributed by atoms with E-state index < -0.39 is 5.97 Å². The summed E-state index contributed by atoms with van der Waals surface area (Å²) in [5.74, 6) is -0.924. The van der Waals surface area contributed by atoms with Crippen LogP contribution in [0.5, 0.6) is 0 Å². The average molecular weight is 398 g/mol. The van der Waals surface area contributed by atoms with E-state index >= 15 is 0 Å². The van der Waals surface area contributed by atoms with E-state index in [2.05, 4.69) is 0 Å². The Kier molecular flexibility index (Phi) is 4.74. The number of aromatic carboxylic acids is 1. The molecule has 0 fully saturated rings. The molecule has 0 aliphatic rings. The van der Waals surface area contributed by atoms with Crippen LogP contribution in [0.1, 0.15) is 9.67 Å². The Hall–Kier alpha value is -2.60. The van der Waals surface area contributed by atoms with Crippen LogP contribution in [-0.4, -0.2) is 22.8 Å². The van der Waals surface area contributed by atoms with Crippen LogP contribution in [0.4, 0.5) is 0 Å². The molecule has 1 N–H and O–H groups in total. The van der Waals surface area contributed by atoms with Gasteiger partial charge in [-0.15, -0.1) is 11.3 Å². The second kappa shape index (κ2) is 7.19. The number of carboxylic acid groups (broad SMARTS) is 1. The molecule has 2 heterocycles. The lowest BCUT2D eigenvalue weighted by Gasteiger charge is -2.12. The summed E-state index contributed by atoms with van der Waals surface area (Å²) >= 11 is 7.36. The number of halogens is 1. The van der Waals surface area contributed by atoms with Gasteiger partial charge in [-0.05, 0) is 29.3 Å². The van der Waals surface area contributed by atoms with E-state index in [1.54, 1.807) is 13.2 Å². The van der Waals surface area contributed by atoms with Crippen molar-refractivity contribution in [2.45, 2.75) is 6.73 Å². The van der Waals surface area contributed by atoms with Crippen molar-refractivity contribution in [3.8, 4) is 22.4 Å². The van der Waals surface area contributed by atoms with Crippen LogP contribution in [0, 0.1) is 0 Å². The zero-order chi connectivity index (χ0) is 19.0. The van der Waals surface area contributed by atoms with Gasteiger partial charge >= 0.3 is 5.97 Å². The highest BCUT2D eigenvalue weighted by molar-refractivity contribution is 7.21. The van der Waals surface area contributed by atoms with Gasteiger partial charge in [0, 0.05) is 17.7 Å². The lowest BCUT2D eigenvalue weighted by atomic mass is 10.0. The van der Waals surface area contributed by atoms with Crippen molar-refractivity contribution in [3.63, 3.8) is 0 Å². The maximum atomic E-state index is 11.5. The summed E-state index contributed by atoms with van der Waals surface area (Å²) in [4.78, 5) is 11.8. The number of ether oxygens (including phenoxy) is 1. The summed E-state index contributed by atoms with van der Waals surface area (Å²) in [7, 11) is 1.63. The lowest BCUT2D eigenvalue weighted by Crippen LogP contribution is -2.02. The molecule has 4 nitrogen and oxygen atoms in total. The van der Waals surface area contributed by atoms with Crippen molar-refractivity contribution in [2.24, 2.45) is 0 Å². The van der Waals surface area contributed by atoms with E-state index in [0.29, 0.717) is 16.6 Å². The fourth-order valence-corrected chi connectivity index (χ4v) is 4.47. The summed E-state index contributed by atoms with van der Waals surface area (Å²) in [6, 6.07) is 19.4. The Morgan fingerprint density at radius 2 is 1.81 bits per heavy atom. The van der Waals surface area contributed by atoms with Gasteiger partial charge in [-0.3, -0.25) is 0 Å². The van der Waals surface area contributed by atoms with Crippen LogP contribution in [-0.2, 0) is 11.5 Å². The number of thiophene rings is 1. The van der Waals surface area contributed by atoms with E-state index in [1.807, 2.05) is 59.2 Å². The molecular formula is C21H16ClNO3S. The third-order valence-electron chi connectivity index (χ3n) is 4.39. The Labute approximate surface area is 165 Å². The van der Waals surface area contributed by atoms with Crippen LogP contribution in [0.25, 0.3) is 32.6 Å². The maximum Gasteiger partial charge on any atom is 0.345 e. The first-order chi connectivity index (χ1) is 13.1. The predicted molar refractivity (Wildman–Crippen MR) is 110 cm³/mol. The van der Waals surface area contributed by atoms with Gasteiger partial charge in [0.1, 0.15) is 11.6 Å². The van der Waals surface area contributed by atoms with Crippen molar-refractivity contribution in [1.29, 1.82) is 0 Å². The smallest absolute Gasteiger partial charge is 0.345 e. The molecule has 0 aliphatic carbocycles. The number of hydrogen-bond donors (Lipinski definition) is 1. The van der Waals surface area contributed by atoms with Crippen LogP contribution < -0.4 is 0 Å². The van der Waals surface area contributed by atoms with E-state index in [-0.39, 0.29) is 0 Å². The number of hydrogen-bond acceptors (Lipinski definition) is 3. The molecule has 0 saturated carbocycles.